The average Bonchev–Trinajstić information content (AvgIpc) is 3.22. The smallest absolute Gasteiger partial charge is 0.309 e. The monoisotopic (exact) mass is 501 g/mol. The van der Waals surface area contributed by atoms with E-state index in [4.69, 9.17) is 4.84 Å². The van der Waals surface area contributed by atoms with Gasteiger partial charge in [0.05, 0.1) is 18.6 Å². The number of aliphatic hydroxyl groups is 1. The van der Waals surface area contributed by atoms with Crippen molar-refractivity contribution in [2.75, 3.05) is 13.7 Å². The highest BCUT2D eigenvalue weighted by Gasteiger charge is 2.72. The summed E-state index contributed by atoms with van der Waals surface area (Å²) in [6.45, 7) is 17.3. The van der Waals surface area contributed by atoms with Crippen molar-refractivity contribution in [3.05, 3.63) is 12.2 Å². The third-order valence-electron chi connectivity index (χ3n) is 13.8. The second-order valence-corrected chi connectivity index (χ2v) is 14.9. The first-order chi connectivity index (χ1) is 16.8. The van der Waals surface area contributed by atoms with Crippen molar-refractivity contribution in [3.8, 4) is 0 Å². The molecule has 10 atom stereocenters. The topological polar surface area (TPSA) is 78.8 Å². The fourth-order valence-electron chi connectivity index (χ4n) is 11.7. The Morgan fingerprint density at radius 3 is 2.31 bits per heavy atom. The van der Waals surface area contributed by atoms with E-state index in [1.807, 2.05) is 0 Å². The lowest BCUT2D eigenvalue weighted by Crippen LogP contribution is -2.67. The van der Waals surface area contributed by atoms with Crippen molar-refractivity contribution in [3.63, 3.8) is 0 Å². The number of carboxylic acid groups (broad SMARTS) is 1. The Hall–Kier alpha value is -0.910. The van der Waals surface area contributed by atoms with Crippen LogP contribution in [0.4, 0.5) is 0 Å². The Morgan fingerprint density at radius 1 is 0.917 bits per heavy atom. The lowest BCUT2D eigenvalue weighted by molar-refractivity contribution is -0.248. The zero-order valence-electron chi connectivity index (χ0n) is 23.7. The summed E-state index contributed by atoms with van der Waals surface area (Å²) >= 11 is 0. The van der Waals surface area contributed by atoms with Gasteiger partial charge in [-0.2, -0.15) is 5.48 Å². The van der Waals surface area contributed by atoms with Crippen LogP contribution in [-0.2, 0) is 9.63 Å². The highest BCUT2D eigenvalue weighted by atomic mass is 16.6. The molecule has 204 valence electrons. The zero-order valence-corrected chi connectivity index (χ0v) is 23.7. The van der Waals surface area contributed by atoms with Gasteiger partial charge in [-0.1, -0.05) is 46.8 Å². The van der Waals surface area contributed by atoms with Crippen molar-refractivity contribution in [2.45, 2.75) is 105 Å². The lowest BCUT2D eigenvalue weighted by atomic mass is 9.32. The van der Waals surface area contributed by atoms with Crippen molar-refractivity contribution in [1.29, 1.82) is 0 Å². The number of carbonyl (C=O) groups is 1. The van der Waals surface area contributed by atoms with Crippen LogP contribution in [0, 0.1) is 56.7 Å². The summed E-state index contributed by atoms with van der Waals surface area (Å²) in [5.41, 5.74) is 4.01. The maximum Gasteiger partial charge on any atom is 0.309 e. The molecule has 36 heavy (non-hydrogen) atoms. The van der Waals surface area contributed by atoms with Gasteiger partial charge < -0.3 is 15.1 Å². The molecule has 5 heteroatoms. The number of aliphatic hydroxyl groups excluding tert-OH is 1. The molecule has 5 aliphatic carbocycles. The quantitative estimate of drug-likeness (QED) is 0.308. The molecule has 0 radical (unpaired) electrons. The number of aliphatic carboxylic acids is 1. The summed E-state index contributed by atoms with van der Waals surface area (Å²) in [7, 11) is 1.63. The van der Waals surface area contributed by atoms with E-state index in [9.17, 15) is 15.0 Å². The Labute approximate surface area is 218 Å². The van der Waals surface area contributed by atoms with Gasteiger partial charge in [-0.15, -0.1) is 0 Å². The summed E-state index contributed by atoms with van der Waals surface area (Å²) in [6, 6.07) is 0. The van der Waals surface area contributed by atoms with E-state index in [0.717, 1.165) is 50.5 Å². The van der Waals surface area contributed by atoms with Crippen LogP contribution in [0.25, 0.3) is 0 Å². The van der Waals surface area contributed by atoms with Gasteiger partial charge in [0.25, 0.3) is 0 Å². The predicted molar refractivity (Wildman–Crippen MR) is 142 cm³/mol. The second kappa shape index (κ2) is 8.55. The van der Waals surface area contributed by atoms with E-state index in [1.54, 1.807) is 7.11 Å². The summed E-state index contributed by atoms with van der Waals surface area (Å²) in [6.07, 6.45) is 10.1. The largest absolute Gasteiger partial charge is 0.481 e. The number of carboxylic acids is 1. The molecule has 0 bridgehead atoms. The van der Waals surface area contributed by atoms with Crippen LogP contribution in [0.1, 0.15) is 98.8 Å². The molecule has 5 rings (SSSR count). The SMILES string of the molecule is C=C(CNOC)[C@@H]1CC[C@]2(C(=O)O)CC[C@]3(C)C(CCC4[C@@]5(C)CC[C@H](O)C(C)(C)C5CC[C@]43C)C12. The van der Waals surface area contributed by atoms with Gasteiger partial charge in [-0.05, 0) is 115 Å². The summed E-state index contributed by atoms with van der Waals surface area (Å²) in [4.78, 5) is 18.1. The maximum atomic E-state index is 12.9. The minimum Gasteiger partial charge on any atom is -0.481 e. The third kappa shape index (κ3) is 3.27. The molecule has 0 aromatic rings. The van der Waals surface area contributed by atoms with Gasteiger partial charge in [0.1, 0.15) is 0 Å². The molecule has 0 aromatic heterocycles. The highest BCUT2D eigenvalue weighted by Crippen LogP contribution is 2.77. The van der Waals surface area contributed by atoms with Crippen molar-refractivity contribution >= 4 is 5.97 Å². The molecule has 0 heterocycles. The minimum atomic E-state index is -0.605. The molecule has 5 saturated carbocycles. The number of rotatable bonds is 5. The highest BCUT2D eigenvalue weighted by molar-refractivity contribution is 5.76. The van der Waals surface area contributed by atoms with Gasteiger partial charge in [-0.3, -0.25) is 4.79 Å². The van der Waals surface area contributed by atoms with Crippen LogP contribution in [0.3, 0.4) is 0 Å². The Morgan fingerprint density at radius 2 is 1.64 bits per heavy atom. The number of hydrogen-bond donors (Lipinski definition) is 3. The molecular formula is C31H51NO4. The van der Waals surface area contributed by atoms with Crippen molar-refractivity contribution in [2.24, 2.45) is 56.7 Å². The maximum absolute atomic E-state index is 12.9. The molecule has 3 N–H and O–H groups in total. The molecule has 5 nitrogen and oxygen atoms in total. The first-order valence-corrected chi connectivity index (χ1v) is 14.6. The van der Waals surface area contributed by atoms with Crippen LogP contribution in [0.5, 0.6) is 0 Å². The average molecular weight is 502 g/mol. The molecule has 0 aliphatic heterocycles. The van der Waals surface area contributed by atoms with Crippen LogP contribution in [-0.4, -0.2) is 35.9 Å². The number of nitrogens with one attached hydrogen (secondary N) is 1. The summed E-state index contributed by atoms with van der Waals surface area (Å²) in [5.74, 6) is 1.42. The van der Waals surface area contributed by atoms with Crippen LogP contribution >= 0.6 is 0 Å². The van der Waals surface area contributed by atoms with Crippen LogP contribution < -0.4 is 5.48 Å². The van der Waals surface area contributed by atoms with E-state index >= 15 is 0 Å². The molecule has 0 saturated heterocycles. The van der Waals surface area contributed by atoms with E-state index < -0.39 is 11.4 Å². The Bertz CT molecular complexity index is 916. The molecule has 0 spiro atoms. The first kappa shape index (κ1) is 26.7. The molecule has 4 unspecified atom stereocenters. The van der Waals surface area contributed by atoms with Crippen molar-refractivity contribution < 1.29 is 19.8 Å². The first-order valence-electron chi connectivity index (χ1n) is 14.6. The molecule has 0 aromatic carbocycles. The lowest BCUT2D eigenvalue weighted by Gasteiger charge is -2.72. The zero-order chi connectivity index (χ0) is 26.3. The number of fused-ring (bicyclic) bond motifs is 7. The van der Waals surface area contributed by atoms with Gasteiger partial charge in [0.15, 0.2) is 0 Å². The number of hydroxylamine groups is 1. The number of hydrogen-bond acceptors (Lipinski definition) is 4. The predicted octanol–water partition coefficient (Wildman–Crippen LogP) is 6.22. The van der Waals surface area contributed by atoms with Gasteiger partial charge in [-0.25, -0.2) is 0 Å². The summed E-state index contributed by atoms with van der Waals surface area (Å²) in [5, 5.41) is 21.6. The molecule has 5 aliphatic rings. The van der Waals surface area contributed by atoms with Crippen molar-refractivity contribution in [1.82, 2.24) is 5.48 Å². The van der Waals surface area contributed by atoms with E-state index in [2.05, 4.69) is 46.7 Å². The van der Waals surface area contributed by atoms with E-state index in [-0.39, 0.29) is 39.6 Å². The van der Waals surface area contributed by atoms with Gasteiger partial charge in [0.2, 0.25) is 0 Å². The minimum absolute atomic E-state index is 0.0419. The Balaban J connectivity index is 1.53. The standard InChI is InChI=1S/C31H51NO4/c1-19(18-32-36-7)20-10-15-31(26(34)35)17-16-29(5)21(25(20)31)8-9-23-28(4)13-12-24(33)27(2,3)22(28)11-14-30(23,29)6/h20-25,32-33H,1,8-18H2,2-7H3,(H,34,35)/t20-,21?,22?,23?,24-,25?,28-,29+,30+,31-/m0/s1. The molecule has 5 fully saturated rings. The fraction of sp³-hybridized carbons (Fsp3) is 0.903. The third-order valence-corrected chi connectivity index (χ3v) is 13.8. The van der Waals surface area contributed by atoms with Gasteiger partial charge >= 0.3 is 5.97 Å². The Kier molecular flexibility index (Phi) is 6.34. The van der Waals surface area contributed by atoms with Gasteiger partial charge in [0, 0.05) is 6.54 Å². The van der Waals surface area contributed by atoms with Crippen LogP contribution in [0.2, 0.25) is 0 Å². The normalized spacial score (nSPS) is 51.4. The summed E-state index contributed by atoms with van der Waals surface area (Å²) < 4.78 is 0. The molecule has 0 amide bonds. The van der Waals surface area contributed by atoms with Crippen LogP contribution in [0.15, 0.2) is 12.2 Å². The molecular weight excluding hydrogens is 450 g/mol. The van der Waals surface area contributed by atoms with E-state index in [0.29, 0.717) is 24.3 Å². The van der Waals surface area contributed by atoms with E-state index in [1.165, 1.54) is 19.3 Å². The fourth-order valence-corrected chi connectivity index (χ4v) is 11.7. The second-order valence-electron chi connectivity index (χ2n) is 14.9.